The van der Waals surface area contributed by atoms with E-state index in [-0.39, 0.29) is 0 Å². The number of carbonyl (C=O) groups excluding carboxylic acids is 2. The van der Waals surface area contributed by atoms with Crippen molar-refractivity contribution in [2.75, 3.05) is 24.3 Å². The number of amides is 1. The lowest BCUT2D eigenvalue weighted by Crippen LogP contribution is -2.30. The van der Waals surface area contributed by atoms with Gasteiger partial charge in [-0.1, -0.05) is 30.3 Å². The van der Waals surface area contributed by atoms with Crippen LogP contribution in [0.5, 0.6) is 0 Å². The Morgan fingerprint density at radius 3 is 2.39 bits per heavy atom. The van der Waals surface area contributed by atoms with Gasteiger partial charge in [-0.05, 0) is 31.2 Å². The molecule has 1 atom stereocenters. The molecule has 28 heavy (non-hydrogen) atoms. The first-order valence-corrected chi connectivity index (χ1v) is 9.62. The van der Waals surface area contributed by atoms with Crippen LogP contribution in [0, 0.1) is 0 Å². The Labute approximate surface area is 167 Å². The zero-order valence-corrected chi connectivity index (χ0v) is 16.7. The van der Waals surface area contributed by atoms with E-state index in [2.05, 4.69) is 10.3 Å². The number of aromatic nitrogens is 1. The Kier molecular flexibility index (Phi) is 6.06. The fourth-order valence-corrected chi connectivity index (χ4v) is 3.18. The van der Waals surface area contributed by atoms with Crippen LogP contribution in [0.4, 0.5) is 10.8 Å². The Morgan fingerprint density at radius 1 is 1.07 bits per heavy atom. The summed E-state index contributed by atoms with van der Waals surface area (Å²) in [5, 5.41) is 5.03. The fourth-order valence-electron chi connectivity index (χ4n) is 2.46. The summed E-state index contributed by atoms with van der Waals surface area (Å²) >= 11 is 1.32. The highest BCUT2D eigenvalue weighted by atomic mass is 32.1. The lowest BCUT2D eigenvalue weighted by Gasteiger charge is -2.14. The zero-order valence-electron chi connectivity index (χ0n) is 15.9. The minimum absolute atomic E-state index is 0.394. The SMILES string of the molecule is C[C@@H](OC(=O)c1ccc(N(C)C)cc1)C(=O)Nc1nc(-c2ccccc2)cs1. The van der Waals surface area contributed by atoms with Crippen molar-refractivity contribution >= 4 is 34.0 Å². The first-order valence-electron chi connectivity index (χ1n) is 8.74. The fraction of sp³-hybridized carbons (Fsp3) is 0.190. The van der Waals surface area contributed by atoms with E-state index in [1.54, 1.807) is 12.1 Å². The van der Waals surface area contributed by atoms with E-state index in [1.165, 1.54) is 18.3 Å². The predicted molar refractivity (Wildman–Crippen MR) is 112 cm³/mol. The number of hydrogen-bond acceptors (Lipinski definition) is 6. The van der Waals surface area contributed by atoms with Gasteiger partial charge in [0.1, 0.15) is 0 Å². The van der Waals surface area contributed by atoms with Crippen molar-refractivity contribution in [3.8, 4) is 11.3 Å². The highest BCUT2D eigenvalue weighted by molar-refractivity contribution is 7.14. The third kappa shape index (κ3) is 4.75. The molecule has 6 nitrogen and oxygen atoms in total. The van der Waals surface area contributed by atoms with Gasteiger partial charge >= 0.3 is 5.97 Å². The van der Waals surface area contributed by atoms with Crippen LogP contribution in [0.25, 0.3) is 11.3 Å². The molecule has 0 saturated carbocycles. The molecule has 7 heteroatoms. The molecule has 1 aromatic heterocycles. The van der Waals surface area contributed by atoms with E-state index in [0.29, 0.717) is 10.7 Å². The summed E-state index contributed by atoms with van der Waals surface area (Å²) in [5.74, 6) is -0.968. The molecule has 0 fully saturated rings. The van der Waals surface area contributed by atoms with Gasteiger partial charge in [0.25, 0.3) is 5.91 Å². The monoisotopic (exact) mass is 395 g/mol. The van der Waals surface area contributed by atoms with Crippen LogP contribution in [0.3, 0.4) is 0 Å². The molecule has 2 aromatic carbocycles. The van der Waals surface area contributed by atoms with Crippen LogP contribution >= 0.6 is 11.3 Å². The number of carbonyl (C=O) groups is 2. The van der Waals surface area contributed by atoms with Crippen LogP contribution in [0.2, 0.25) is 0 Å². The third-order valence-corrected chi connectivity index (χ3v) is 4.83. The van der Waals surface area contributed by atoms with Gasteiger partial charge < -0.3 is 9.64 Å². The summed E-state index contributed by atoms with van der Waals surface area (Å²) in [6, 6.07) is 16.7. The summed E-state index contributed by atoms with van der Waals surface area (Å²) in [4.78, 5) is 30.9. The van der Waals surface area contributed by atoms with Crippen LogP contribution in [-0.4, -0.2) is 37.1 Å². The number of anilines is 2. The van der Waals surface area contributed by atoms with E-state index in [0.717, 1.165) is 16.9 Å². The first-order chi connectivity index (χ1) is 13.4. The third-order valence-electron chi connectivity index (χ3n) is 4.08. The maximum Gasteiger partial charge on any atom is 0.338 e. The van der Waals surface area contributed by atoms with E-state index in [9.17, 15) is 9.59 Å². The van der Waals surface area contributed by atoms with Gasteiger partial charge in [-0.25, -0.2) is 9.78 Å². The van der Waals surface area contributed by atoms with Gasteiger partial charge in [-0.2, -0.15) is 0 Å². The van der Waals surface area contributed by atoms with Crippen molar-refractivity contribution in [1.82, 2.24) is 4.98 Å². The molecule has 0 unspecified atom stereocenters. The average molecular weight is 395 g/mol. The van der Waals surface area contributed by atoms with Crippen molar-refractivity contribution in [3.05, 3.63) is 65.5 Å². The maximum atomic E-state index is 12.3. The van der Waals surface area contributed by atoms with Crippen molar-refractivity contribution in [1.29, 1.82) is 0 Å². The Hall–Kier alpha value is -3.19. The number of ether oxygens (including phenoxy) is 1. The molecule has 1 N–H and O–H groups in total. The second kappa shape index (κ2) is 8.67. The lowest BCUT2D eigenvalue weighted by molar-refractivity contribution is -0.123. The van der Waals surface area contributed by atoms with Crippen LogP contribution in [-0.2, 0) is 9.53 Å². The largest absolute Gasteiger partial charge is 0.449 e. The lowest BCUT2D eigenvalue weighted by atomic mass is 10.2. The molecule has 3 aromatic rings. The Bertz CT molecular complexity index is 953. The van der Waals surface area contributed by atoms with E-state index < -0.39 is 18.0 Å². The molecule has 0 radical (unpaired) electrons. The number of thiazole rings is 1. The van der Waals surface area contributed by atoms with Crippen molar-refractivity contribution in [3.63, 3.8) is 0 Å². The number of nitrogens with one attached hydrogen (secondary N) is 1. The summed E-state index contributed by atoms with van der Waals surface area (Å²) < 4.78 is 5.27. The molecule has 3 rings (SSSR count). The van der Waals surface area contributed by atoms with Gasteiger partial charge in [0.05, 0.1) is 11.3 Å². The second-order valence-corrected chi connectivity index (χ2v) is 7.24. The minimum Gasteiger partial charge on any atom is -0.449 e. The molecule has 0 saturated heterocycles. The molecular weight excluding hydrogens is 374 g/mol. The maximum absolute atomic E-state index is 12.3. The zero-order chi connectivity index (χ0) is 20.1. The van der Waals surface area contributed by atoms with Gasteiger partial charge in [-0.15, -0.1) is 11.3 Å². The van der Waals surface area contributed by atoms with Gasteiger partial charge in [0, 0.05) is 30.7 Å². The Balaban J connectivity index is 1.58. The normalized spacial score (nSPS) is 11.5. The molecule has 1 amide bonds. The number of hydrogen-bond donors (Lipinski definition) is 1. The molecule has 0 aliphatic carbocycles. The molecule has 144 valence electrons. The first kappa shape index (κ1) is 19.6. The van der Waals surface area contributed by atoms with Gasteiger partial charge in [0.2, 0.25) is 0 Å². The smallest absolute Gasteiger partial charge is 0.338 e. The number of esters is 1. The highest BCUT2D eigenvalue weighted by Crippen LogP contribution is 2.24. The molecule has 0 aliphatic rings. The molecular formula is C21H21N3O3S. The summed E-state index contributed by atoms with van der Waals surface area (Å²) in [6.07, 6.45) is -0.940. The summed E-state index contributed by atoms with van der Waals surface area (Å²) in [5.41, 5.74) is 3.12. The van der Waals surface area contributed by atoms with E-state index >= 15 is 0 Å². The summed E-state index contributed by atoms with van der Waals surface area (Å²) in [6.45, 7) is 1.53. The van der Waals surface area contributed by atoms with Gasteiger partial charge in [0.15, 0.2) is 11.2 Å². The molecule has 0 aliphatic heterocycles. The number of rotatable bonds is 6. The quantitative estimate of drug-likeness (QED) is 0.637. The molecule has 0 spiro atoms. The van der Waals surface area contributed by atoms with Crippen LogP contribution < -0.4 is 10.2 Å². The Morgan fingerprint density at radius 2 is 1.75 bits per heavy atom. The molecule has 0 bridgehead atoms. The van der Waals surface area contributed by atoms with E-state index in [1.807, 2.05) is 66.8 Å². The van der Waals surface area contributed by atoms with Crippen molar-refractivity contribution in [2.45, 2.75) is 13.0 Å². The second-order valence-electron chi connectivity index (χ2n) is 6.38. The van der Waals surface area contributed by atoms with Crippen molar-refractivity contribution in [2.24, 2.45) is 0 Å². The number of benzene rings is 2. The van der Waals surface area contributed by atoms with E-state index in [4.69, 9.17) is 4.74 Å². The van der Waals surface area contributed by atoms with Crippen molar-refractivity contribution < 1.29 is 14.3 Å². The van der Waals surface area contributed by atoms with Crippen LogP contribution in [0.1, 0.15) is 17.3 Å². The average Bonchev–Trinajstić information content (AvgIpc) is 3.17. The molecule has 1 heterocycles. The topological polar surface area (TPSA) is 71.5 Å². The minimum atomic E-state index is -0.940. The standard InChI is InChI=1S/C21H21N3O3S/c1-14(27-20(26)16-9-11-17(12-10-16)24(2)3)19(25)23-21-22-18(13-28-21)15-7-5-4-6-8-15/h4-14H,1-3H3,(H,22,23,25)/t14-/m1/s1. The van der Waals surface area contributed by atoms with Crippen LogP contribution in [0.15, 0.2) is 60.0 Å². The van der Waals surface area contributed by atoms with Gasteiger partial charge in [-0.3, -0.25) is 10.1 Å². The highest BCUT2D eigenvalue weighted by Gasteiger charge is 2.20. The summed E-state index contributed by atoms with van der Waals surface area (Å²) in [7, 11) is 3.84. The predicted octanol–water partition coefficient (Wildman–Crippen LogP) is 4.06. The number of nitrogens with zero attached hydrogens (tertiary/aromatic N) is 2.